The third-order valence-electron chi connectivity index (χ3n) is 4.58. The zero-order valence-electron chi connectivity index (χ0n) is 13.3. The van der Waals surface area contributed by atoms with E-state index in [0.717, 1.165) is 24.0 Å². The Hall–Kier alpha value is -1.51. The summed E-state index contributed by atoms with van der Waals surface area (Å²) in [6, 6.07) is 4.16. The lowest BCUT2D eigenvalue weighted by atomic mass is 9.73. The highest BCUT2D eigenvalue weighted by Gasteiger charge is 2.29. The Kier molecular flexibility index (Phi) is 5.27. The molecule has 3 heteroatoms. The number of aryl methyl sites for hydroxylation is 2. The molecule has 0 spiro atoms. The number of phenolic OH excluding ortho intramolecular Hbond substituents is 1. The van der Waals surface area contributed by atoms with Gasteiger partial charge in [0, 0.05) is 6.42 Å². The third-order valence-corrected chi connectivity index (χ3v) is 4.58. The van der Waals surface area contributed by atoms with Crippen molar-refractivity contribution in [2.24, 2.45) is 5.92 Å². The van der Waals surface area contributed by atoms with Crippen LogP contribution in [0.1, 0.15) is 61.6 Å². The lowest BCUT2D eigenvalue weighted by molar-refractivity contribution is -0.144. The van der Waals surface area contributed by atoms with Crippen LogP contribution in [-0.4, -0.2) is 17.7 Å². The van der Waals surface area contributed by atoms with Crippen molar-refractivity contribution in [3.63, 3.8) is 0 Å². The molecule has 0 heterocycles. The molecule has 1 aromatic carbocycles. The summed E-state index contributed by atoms with van der Waals surface area (Å²) in [6.45, 7) is 6.18. The first kappa shape index (κ1) is 15.9. The number of rotatable bonds is 4. The fourth-order valence-corrected chi connectivity index (χ4v) is 3.53. The molecule has 1 aliphatic rings. The zero-order chi connectivity index (χ0) is 15.4. The highest BCUT2D eigenvalue weighted by atomic mass is 16.5. The van der Waals surface area contributed by atoms with Gasteiger partial charge in [0.15, 0.2) is 0 Å². The lowest BCUT2D eigenvalue weighted by Crippen LogP contribution is -2.22. The number of phenols is 1. The molecule has 1 aliphatic carbocycles. The first-order valence-corrected chi connectivity index (χ1v) is 7.98. The first-order valence-electron chi connectivity index (χ1n) is 7.98. The smallest absolute Gasteiger partial charge is 0.306 e. The predicted molar refractivity (Wildman–Crippen MR) is 83.5 cm³/mol. The summed E-state index contributed by atoms with van der Waals surface area (Å²) < 4.78 is 5.12. The van der Waals surface area contributed by atoms with E-state index in [-0.39, 0.29) is 5.97 Å². The predicted octanol–water partition coefficient (Wildman–Crippen LogP) is 4.24. The van der Waals surface area contributed by atoms with E-state index in [1.54, 1.807) is 0 Å². The van der Waals surface area contributed by atoms with Crippen molar-refractivity contribution >= 4 is 5.97 Å². The quantitative estimate of drug-likeness (QED) is 0.844. The summed E-state index contributed by atoms with van der Waals surface area (Å²) in [4.78, 5) is 11.8. The van der Waals surface area contributed by atoms with Gasteiger partial charge >= 0.3 is 5.97 Å². The number of benzene rings is 1. The van der Waals surface area contributed by atoms with Gasteiger partial charge in [0.1, 0.15) is 5.75 Å². The monoisotopic (exact) mass is 290 g/mol. The molecule has 3 nitrogen and oxygen atoms in total. The fourth-order valence-electron chi connectivity index (χ4n) is 3.53. The zero-order valence-corrected chi connectivity index (χ0v) is 13.3. The van der Waals surface area contributed by atoms with Crippen LogP contribution in [0.3, 0.4) is 0 Å². The van der Waals surface area contributed by atoms with Gasteiger partial charge in [0.05, 0.1) is 6.61 Å². The minimum atomic E-state index is -0.0818. The van der Waals surface area contributed by atoms with Gasteiger partial charge in [-0.25, -0.2) is 0 Å². The number of aromatic hydroxyl groups is 1. The summed E-state index contributed by atoms with van der Waals surface area (Å²) >= 11 is 0. The standard InChI is InChI=1S/C18H26O3/c1-4-21-17(19)11-14-7-5-6-8-16(14)15-9-12(2)18(20)13(3)10-15/h9-10,14,16,20H,4-8,11H2,1-3H3/t14-,16+/m1/s1. The summed E-state index contributed by atoms with van der Waals surface area (Å²) in [5, 5.41) is 9.94. The van der Waals surface area contributed by atoms with Crippen molar-refractivity contribution in [1.82, 2.24) is 0 Å². The summed E-state index contributed by atoms with van der Waals surface area (Å²) in [5.41, 5.74) is 3.10. The second-order valence-corrected chi connectivity index (χ2v) is 6.16. The first-order chi connectivity index (χ1) is 10.0. The van der Waals surface area contributed by atoms with Gasteiger partial charge in [0.2, 0.25) is 0 Å². The van der Waals surface area contributed by atoms with Crippen LogP contribution >= 0.6 is 0 Å². The Bertz CT molecular complexity index is 484. The summed E-state index contributed by atoms with van der Waals surface area (Å²) in [6.07, 6.45) is 5.12. The Labute approximate surface area is 127 Å². The Morgan fingerprint density at radius 3 is 2.48 bits per heavy atom. The molecule has 0 radical (unpaired) electrons. The minimum absolute atomic E-state index is 0.0818. The van der Waals surface area contributed by atoms with E-state index in [1.807, 2.05) is 20.8 Å². The number of esters is 1. The van der Waals surface area contributed by atoms with Gasteiger partial charge in [-0.05, 0) is 62.1 Å². The second-order valence-electron chi connectivity index (χ2n) is 6.16. The third kappa shape index (κ3) is 3.78. The van der Waals surface area contributed by atoms with Crippen molar-refractivity contribution in [3.05, 3.63) is 28.8 Å². The van der Waals surface area contributed by atoms with E-state index in [2.05, 4.69) is 12.1 Å². The van der Waals surface area contributed by atoms with Crippen LogP contribution in [0.4, 0.5) is 0 Å². The number of hydrogen-bond donors (Lipinski definition) is 1. The summed E-state index contributed by atoms with van der Waals surface area (Å²) in [5.74, 6) is 1.07. The number of carbonyl (C=O) groups excluding carboxylic acids is 1. The van der Waals surface area contributed by atoms with Crippen LogP contribution in [-0.2, 0) is 9.53 Å². The van der Waals surface area contributed by atoms with E-state index >= 15 is 0 Å². The molecule has 1 fully saturated rings. The van der Waals surface area contributed by atoms with E-state index < -0.39 is 0 Å². The second kappa shape index (κ2) is 6.97. The van der Waals surface area contributed by atoms with E-state index in [0.29, 0.717) is 30.6 Å². The molecule has 0 aromatic heterocycles. The van der Waals surface area contributed by atoms with Crippen LogP contribution in [0.25, 0.3) is 0 Å². The van der Waals surface area contributed by atoms with Crippen molar-refractivity contribution in [2.75, 3.05) is 6.61 Å². The Balaban J connectivity index is 2.20. The molecule has 0 aliphatic heterocycles. The number of hydrogen-bond acceptors (Lipinski definition) is 3. The van der Waals surface area contributed by atoms with E-state index in [1.165, 1.54) is 18.4 Å². The Morgan fingerprint density at radius 2 is 1.86 bits per heavy atom. The molecule has 2 atom stereocenters. The van der Waals surface area contributed by atoms with Gasteiger partial charge in [-0.15, -0.1) is 0 Å². The average Bonchev–Trinajstić information content (AvgIpc) is 2.45. The molecule has 21 heavy (non-hydrogen) atoms. The molecule has 0 amide bonds. The molecule has 1 N–H and O–H groups in total. The Morgan fingerprint density at radius 1 is 1.24 bits per heavy atom. The largest absolute Gasteiger partial charge is 0.507 e. The van der Waals surface area contributed by atoms with Crippen molar-refractivity contribution < 1.29 is 14.6 Å². The van der Waals surface area contributed by atoms with Crippen molar-refractivity contribution in [2.45, 2.75) is 58.8 Å². The molecule has 116 valence electrons. The van der Waals surface area contributed by atoms with Gasteiger partial charge in [0.25, 0.3) is 0 Å². The number of ether oxygens (including phenoxy) is 1. The van der Waals surface area contributed by atoms with Gasteiger partial charge < -0.3 is 9.84 Å². The topological polar surface area (TPSA) is 46.5 Å². The minimum Gasteiger partial charge on any atom is -0.507 e. The SMILES string of the molecule is CCOC(=O)C[C@H]1CCCC[C@@H]1c1cc(C)c(O)c(C)c1. The average molecular weight is 290 g/mol. The molecule has 0 unspecified atom stereocenters. The maximum atomic E-state index is 11.8. The van der Waals surface area contributed by atoms with E-state index in [9.17, 15) is 9.90 Å². The van der Waals surface area contributed by atoms with Crippen molar-refractivity contribution in [1.29, 1.82) is 0 Å². The molecule has 0 saturated heterocycles. The van der Waals surface area contributed by atoms with Crippen LogP contribution < -0.4 is 0 Å². The maximum Gasteiger partial charge on any atom is 0.306 e. The normalized spacial score (nSPS) is 22.0. The van der Waals surface area contributed by atoms with Crippen LogP contribution in [0, 0.1) is 19.8 Å². The molecular formula is C18H26O3. The highest BCUT2D eigenvalue weighted by molar-refractivity contribution is 5.69. The van der Waals surface area contributed by atoms with Gasteiger partial charge in [-0.3, -0.25) is 4.79 Å². The molecule has 0 bridgehead atoms. The van der Waals surface area contributed by atoms with Gasteiger partial charge in [-0.2, -0.15) is 0 Å². The molecule has 2 rings (SSSR count). The number of carbonyl (C=O) groups is 1. The molecular weight excluding hydrogens is 264 g/mol. The molecule has 1 saturated carbocycles. The van der Waals surface area contributed by atoms with Gasteiger partial charge in [-0.1, -0.05) is 25.0 Å². The van der Waals surface area contributed by atoms with Crippen LogP contribution in [0.5, 0.6) is 5.75 Å². The summed E-state index contributed by atoms with van der Waals surface area (Å²) in [7, 11) is 0. The molecule has 1 aromatic rings. The highest BCUT2D eigenvalue weighted by Crippen LogP contribution is 2.41. The van der Waals surface area contributed by atoms with Crippen LogP contribution in [0.15, 0.2) is 12.1 Å². The maximum absolute atomic E-state index is 11.8. The fraction of sp³-hybridized carbons (Fsp3) is 0.611. The lowest BCUT2D eigenvalue weighted by Gasteiger charge is -2.32. The van der Waals surface area contributed by atoms with Crippen molar-refractivity contribution in [3.8, 4) is 5.75 Å². The van der Waals surface area contributed by atoms with E-state index in [4.69, 9.17) is 4.74 Å². The van der Waals surface area contributed by atoms with Crippen LogP contribution in [0.2, 0.25) is 0 Å².